The minimum absolute atomic E-state index is 0. The molecule has 0 aliphatic heterocycles. The van der Waals surface area contributed by atoms with Crippen LogP contribution in [0.3, 0.4) is 0 Å². The number of benzene rings is 1. The summed E-state index contributed by atoms with van der Waals surface area (Å²) >= 11 is 3.42. The van der Waals surface area contributed by atoms with Crippen molar-refractivity contribution in [2.24, 2.45) is 0 Å². The van der Waals surface area contributed by atoms with Crippen molar-refractivity contribution in [1.82, 2.24) is 0 Å². The Morgan fingerprint density at radius 2 is 1.67 bits per heavy atom. The van der Waals surface area contributed by atoms with Gasteiger partial charge in [-0.25, -0.2) is 0 Å². The number of rotatable bonds is 4. The van der Waals surface area contributed by atoms with E-state index < -0.39 is 0 Å². The highest BCUT2D eigenvalue weighted by atomic mass is 79.9. The topological polar surface area (TPSA) is 0 Å². The van der Waals surface area contributed by atoms with Gasteiger partial charge in [-0.3, -0.25) is 0 Å². The quantitative estimate of drug-likeness (QED) is 0.430. The summed E-state index contributed by atoms with van der Waals surface area (Å²) in [7, 11) is 0. The molecule has 0 nitrogen and oxygen atoms in total. The van der Waals surface area contributed by atoms with Crippen molar-refractivity contribution in [1.29, 1.82) is 0 Å². The summed E-state index contributed by atoms with van der Waals surface area (Å²) in [5, 5.41) is 1.12. The van der Waals surface area contributed by atoms with E-state index in [9.17, 15) is 0 Å². The summed E-state index contributed by atoms with van der Waals surface area (Å²) in [5.74, 6) is 0. The lowest BCUT2D eigenvalue weighted by Crippen LogP contribution is -1.84. The molecule has 0 radical (unpaired) electrons. The molecule has 64 valence electrons. The fourth-order valence-corrected chi connectivity index (χ4v) is 1.46. The van der Waals surface area contributed by atoms with Gasteiger partial charge >= 0.3 is 23.1 Å². The SMILES string of the molecule is BrCCCCc1ccccc1.[MgH2]. The standard InChI is InChI=1S/C10H13Br.Mg.2H/c11-9-5-4-8-10-6-2-1-3-7-10;;;/h1-3,6-7H,4-5,8-9H2;;;. The minimum Gasteiger partial charge on any atom is -0.0928 e. The summed E-state index contributed by atoms with van der Waals surface area (Å²) < 4.78 is 0. The van der Waals surface area contributed by atoms with E-state index in [0.29, 0.717) is 0 Å². The molecule has 0 N–H and O–H groups in total. The highest BCUT2D eigenvalue weighted by Gasteiger charge is 1.89. The lowest BCUT2D eigenvalue weighted by Gasteiger charge is -1.97. The van der Waals surface area contributed by atoms with E-state index >= 15 is 0 Å². The van der Waals surface area contributed by atoms with Gasteiger partial charge in [0.05, 0.1) is 0 Å². The van der Waals surface area contributed by atoms with E-state index in [1.807, 2.05) is 0 Å². The molecule has 1 aromatic carbocycles. The van der Waals surface area contributed by atoms with Crippen LogP contribution >= 0.6 is 15.9 Å². The van der Waals surface area contributed by atoms with Crippen molar-refractivity contribution in [3.05, 3.63) is 35.9 Å². The highest BCUT2D eigenvalue weighted by Crippen LogP contribution is 2.04. The largest absolute Gasteiger partial charge is 0.316 e. The first kappa shape index (κ1) is 12.5. The van der Waals surface area contributed by atoms with Crippen LogP contribution in [-0.4, -0.2) is 28.4 Å². The highest BCUT2D eigenvalue weighted by molar-refractivity contribution is 9.09. The fourth-order valence-electron chi connectivity index (χ4n) is 1.07. The summed E-state index contributed by atoms with van der Waals surface area (Å²) in [4.78, 5) is 0. The Kier molecular flexibility index (Phi) is 8.40. The molecule has 0 aliphatic rings. The second kappa shape index (κ2) is 8.08. The van der Waals surface area contributed by atoms with Gasteiger partial charge in [0.15, 0.2) is 0 Å². The Hall–Kier alpha value is 0.466. The van der Waals surface area contributed by atoms with Gasteiger partial charge in [-0.1, -0.05) is 46.3 Å². The van der Waals surface area contributed by atoms with Crippen molar-refractivity contribution in [3.63, 3.8) is 0 Å². The van der Waals surface area contributed by atoms with E-state index in [0.717, 1.165) is 5.33 Å². The second-order valence-corrected chi connectivity index (χ2v) is 3.42. The second-order valence-electron chi connectivity index (χ2n) is 2.63. The Morgan fingerprint density at radius 3 is 2.25 bits per heavy atom. The lowest BCUT2D eigenvalue weighted by atomic mass is 10.1. The van der Waals surface area contributed by atoms with Crippen LogP contribution in [-0.2, 0) is 6.42 Å². The van der Waals surface area contributed by atoms with Gasteiger partial charge in [0.1, 0.15) is 0 Å². The third-order valence-corrected chi connectivity index (χ3v) is 2.25. The third kappa shape index (κ3) is 5.17. The van der Waals surface area contributed by atoms with Crippen LogP contribution in [0.2, 0.25) is 0 Å². The van der Waals surface area contributed by atoms with Crippen LogP contribution in [0, 0.1) is 0 Å². The maximum absolute atomic E-state index is 3.42. The van der Waals surface area contributed by atoms with Crippen molar-refractivity contribution < 1.29 is 0 Å². The van der Waals surface area contributed by atoms with Gasteiger partial charge < -0.3 is 0 Å². The van der Waals surface area contributed by atoms with E-state index in [4.69, 9.17) is 0 Å². The van der Waals surface area contributed by atoms with Crippen LogP contribution in [0.15, 0.2) is 30.3 Å². The monoisotopic (exact) mass is 238 g/mol. The first-order valence-corrected chi connectivity index (χ1v) is 5.15. The Labute approximate surface area is 99.0 Å². The van der Waals surface area contributed by atoms with Gasteiger partial charge in [-0.05, 0) is 24.8 Å². The van der Waals surface area contributed by atoms with E-state index in [1.165, 1.54) is 24.8 Å². The normalized spacial score (nSPS) is 9.08. The number of hydrogen-bond donors (Lipinski definition) is 0. The Morgan fingerprint density at radius 1 is 1.00 bits per heavy atom. The van der Waals surface area contributed by atoms with Gasteiger partial charge in [0.2, 0.25) is 0 Å². The molecule has 0 unspecified atom stereocenters. The number of alkyl halides is 1. The van der Waals surface area contributed by atoms with Crippen molar-refractivity contribution in [3.8, 4) is 0 Å². The molecule has 0 heterocycles. The Balaban J connectivity index is 0.00000121. The number of unbranched alkanes of at least 4 members (excludes halogenated alkanes) is 1. The average molecular weight is 239 g/mol. The van der Waals surface area contributed by atoms with Crippen molar-refractivity contribution in [2.75, 3.05) is 5.33 Å². The lowest BCUT2D eigenvalue weighted by molar-refractivity contribution is 0.806. The van der Waals surface area contributed by atoms with Crippen LogP contribution in [0.4, 0.5) is 0 Å². The molecule has 0 saturated carbocycles. The third-order valence-electron chi connectivity index (χ3n) is 1.69. The van der Waals surface area contributed by atoms with Gasteiger partial charge in [-0.2, -0.15) is 0 Å². The van der Waals surface area contributed by atoms with Gasteiger partial charge in [0, 0.05) is 5.33 Å². The summed E-state index contributed by atoms with van der Waals surface area (Å²) in [5.41, 5.74) is 1.45. The maximum atomic E-state index is 3.42. The molecular formula is C10H15BrMg. The average Bonchev–Trinajstić information content (AvgIpc) is 2.07. The molecule has 0 aromatic heterocycles. The molecule has 0 atom stereocenters. The molecule has 0 bridgehead atoms. The predicted octanol–water partition coefficient (Wildman–Crippen LogP) is 2.49. The number of hydrogen-bond acceptors (Lipinski definition) is 0. The molecular weight excluding hydrogens is 224 g/mol. The molecule has 1 rings (SSSR count). The van der Waals surface area contributed by atoms with E-state index in [1.54, 1.807) is 0 Å². The molecule has 12 heavy (non-hydrogen) atoms. The van der Waals surface area contributed by atoms with Crippen molar-refractivity contribution >= 4 is 39.0 Å². The Bertz CT molecular complexity index is 186. The molecule has 1 aromatic rings. The molecule has 0 amide bonds. The zero-order valence-corrected chi connectivity index (χ0v) is 8.18. The van der Waals surface area contributed by atoms with Crippen LogP contribution < -0.4 is 0 Å². The molecule has 2 heteroatoms. The summed E-state index contributed by atoms with van der Waals surface area (Å²) in [6.45, 7) is 0. The minimum atomic E-state index is 0. The first-order chi connectivity index (χ1) is 5.43. The van der Waals surface area contributed by atoms with E-state index in [-0.39, 0.29) is 23.1 Å². The van der Waals surface area contributed by atoms with E-state index in [2.05, 4.69) is 46.3 Å². The number of aryl methyl sites for hydroxylation is 1. The summed E-state index contributed by atoms with van der Waals surface area (Å²) in [6, 6.07) is 10.6. The zero-order valence-electron chi connectivity index (χ0n) is 6.59. The predicted molar refractivity (Wildman–Crippen MR) is 61.7 cm³/mol. The van der Waals surface area contributed by atoms with Gasteiger partial charge in [-0.15, -0.1) is 0 Å². The van der Waals surface area contributed by atoms with Crippen LogP contribution in [0.1, 0.15) is 18.4 Å². The number of halogens is 1. The molecule has 0 aliphatic carbocycles. The molecule has 0 fully saturated rings. The molecule has 0 saturated heterocycles. The zero-order chi connectivity index (χ0) is 7.94. The summed E-state index contributed by atoms with van der Waals surface area (Å²) in [6.07, 6.45) is 3.77. The van der Waals surface area contributed by atoms with Crippen molar-refractivity contribution in [2.45, 2.75) is 19.3 Å². The maximum Gasteiger partial charge on any atom is 0.316 e. The van der Waals surface area contributed by atoms with Crippen LogP contribution in [0.25, 0.3) is 0 Å². The van der Waals surface area contributed by atoms with Crippen LogP contribution in [0.5, 0.6) is 0 Å². The fraction of sp³-hybridized carbons (Fsp3) is 0.400. The smallest absolute Gasteiger partial charge is 0.0928 e. The first-order valence-electron chi connectivity index (χ1n) is 4.03. The van der Waals surface area contributed by atoms with Gasteiger partial charge in [0.25, 0.3) is 0 Å². The molecule has 0 spiro atoms.